The molecule has 1 N–H and O–H groups in total. The van der Waals surface area contributed by atoms with Crippen molar-refractivity contribution in [2.24, 2.45) is 0 Å². The smallest absolute Gasteiger partial charge is 0.316 e. The first kappa shape index (κ1) is 16.0. The van der Waals surface area contributed by atoms with Gasteiger partial charge in [0.15, 0.2) is 0 Å². The molecule has 0 spiro atoms. The van der Waals surface area contributed by atoms with Crippen LogP contribution in [0.4, 0.5) is 5.69 Å². The average molecular weight is 317 g/mol. The number of halogens is 1. The number of nitrogens with one attached hydrogen (secondary N) is 1. The molecular weight excluding hydrogens is 300 g/mol. The van der Waals surface area contributed by atoms with Crippen LogP contribution in [-0.2, 0) is 16.0 Å². The van der Waals surface area contributed by atoms with Gasteiger partial charge in [-0.1, -0.05) is 41.9 Å². The number of hydrogen-bond donors (Lipinski definition) is 1. The van der Waals surface area contributed by atoms with Crippen LogP contribution in [0.15, 0.2) is 54.6 Å². The van der Waals surface area contributed by atoms with E-state index in [0.29, 0.717) is 23.7 Å². The van der Waals surface area contributed by atoms with Crippen molar-refractivity contribution >= 4 is 29.1 Å². The van der Waals surface area contributed by atoms with Gasteiger partial charge in [0.25, 0.3) is 0 Å². The number of carbonyl (C=O) groups is 2. The minimum atomic E-state index is -0.617. The highest BCUT2D eigenvalue weighted by molar-refractivity contribution is 6.40. The van der Waals surface area contributed by atoms with E-state index in [0.717, 1.165) is 5.56 Å². The van der Waals surface area contributed by atoms with Crippen molar-refractivity contribution in [3.63, 3.8) is 0 Å². The molecule has 22 heavy (non-hydrogen) atoms. The summed E-state index contributed by atoms with van der Waals surface area (Å²) in [4.78, 5) is 25.2. The lowest BCUT2D eigenvalue weighted by Crippen LogP contribution is -2.41. The van der Waals surface area contributed by atoms with E-state index in [1.54, 1.807) is 25.2 Å². The van der Waals surface area contributed by atoms with Crippen molar-refractivity contribution in [2.45, 2.75) is 6.42 Å². The fourth-order valence-electron chi connectivity index (χ4n) is 2.01. The largest absolute Gasteiger partial charge is 0.347 e. The van der Waals surface area contributed by atoms with E-state index in [-0.39, 0.29) is 0 Å². The van der Waals surface area contributed by atoms with Crippen LogP contribution in [-0.4, -0.2) is 25.4 Å². The van der Waals surface area contributed by atoms with Crippen LogP contribution in [0.1, 0.15) is 5.56 Å². The van der Waals surface area contributed by atoms with Crippen molar-refractivity contribution in [1.29, 1.82) is 0 Å². The molecule has 4 nitrogen and oxygen atoms in total. The molecule has 2 rings (SSSR count). The third-order valence-electron chi connectivity index (χ3n) is 3.23. The van der Waals surface area contributed by atoms with Crippen molar-refractivity contribution < 1.29 is 9.59 Å². The lowest BCUT2D eigenvalue weighted by molar-refractivity contribution is -0.137. The summed E-state index contributed by atoms with van der Waals surface area (Å²) >= 11 is 5.90. The zero-order valence-corrected chi connectivity index (χ0v) is 13.0. The molecule has 2 aromatic carbocycles. The summed E-state index contributed by atoms with van der Waals surface area (Å²) in [6, 6.07) is 16.4. The van der Waals surface area contributed by atoms with Crippen LogP contribution in [0, 0.1) is 0 Å². The highest BCUT2D eigenvalue weighted by atomic mass is 35.5. The van der Waals surface area contributed by atoms with E-state index < -0.39 is 11.8 Å². The Morgan fingerprint density at radius 1 is 1.09 bits per heavy atom. The summed E-state index contributed by atoms with van der Waals surface area (Å²) in [6.07, 6.45) is 0.620. The summed E-state index contributed by atoms with van der Waals surface area (Å²) in [7, 11) is 1.58. The average Bonchev–Trinajstić information content (AvgIpc) is 2.54. The molecule has 0 heterocycles. The van der Waals surface area contributed by atoms with Crippen molar-refractivity contribution in [1.82, 2.24) is 5.32 Å². The van der Waals surface area contributed by atoms with E-state index in [1.165, 1.54) is 4.90 Å². The standard InChI is InChI=1S/C17H17ClN2O2/c1-20(15-8-3-2-4-9-15)17(22)16(21)19-11-10-13-6-5-7-14(18)12-13/h2-9,12H,10-11H2,1H3,(H,19,21). The molecule has 5 heteroatoms. The number of nitrogens with zero attached hydrogens (tertiary/aromatic N) is 1. The van der Waals surface area contributed by atoms with Gasteiger partial charge in [-0.3, -0.25) is 9.59 Å². The lowest BCUT2D eigenvalue weighted by atomic mass is 10.1. The van der Waals surface area contributed by atoms with E-state index in [1.807, 2.05) is 36.4 Å². The maximum Gasteiger partial charge on any atom is 0.316 e. The molecule has 0 saturated carbocycles. The molecule has 0 aliphatic carbocycles. The first-order valence-electron chi connectivity index (χ1n) is 6.93. The molecule has 114 valence electrons. The topological polar surface area (TPSA) is 49.4 Å². The van der Waals surface area contributed by atoms with Crippen LogP contribution in [0.3, 0.4) is 0 Å². The second-order valence-corrected chi connectivity index (χ2v) is 5.27. The van der Waals surface area contributed by atoms with Gasteiger partial charge in [-0.25, -0.2) is 0 Å². The Morgan fingerprint density at radius 3 is 2.50 bits per heavy atom. The maximum absolute atomic E-state index is 12.0. The third kappa shape index (κ3) is 4.33. The normalized spacial score (nSPS) is 10.1. The number of amides is 2. The lowest BCUT2D eigenvalue weighted by Gasteiger charge is -2.16. The molecule has 0 bridgehead atoms. The Balaban J connectivity index is 1.85. The molecule has 0 aliphatic rings. The van der Waals surface area contributed by atoms with Crippen LogP contribution in [0.25, 0.3) is 0 Å². The van der Waals surface area contributed by atoms with Gasteiger partial charge in [0.1, 0.15) is 0 Å². The molecule has 0 atom stereocenters. The van der Waals surface area contributed by atoms with E-state index in [4.69, 9.17) is 11.6 Å². The highest BCUT2D eigenvalue weighted by Crippen LogP contribution is 2.12. The zero-order valence-electron chi connectivity index (χ0n) is 12.3. The van der Waals surface area contributed by atoms with Crippen LogP contribution >= 0.6 is 11.6 Å². The van der Waals surface area contributed by atoms with Crippen molar-refractivity contribution in [3.8, 4) is 0 Å². The van der Waals surface area contributed by atoms with Crippen molar-refractivity contribution in [2.75, 3.05) is 18.5 Å². The Bertz CT molecular complexity index is 659. The summed E-state index contributed by atoms with van der Waals surface area (Å²) in [5.41, 5.74) is 1.69. The quantitative estimate of drug-likeness (QED) is 0.882. The number of benzene rings is 2. The Morgan fingerprint density at radius 2 is 1.82 bits per heavy atom. The fourth-order valence-corrected chi connectivity index (χ4v) is 2.22. The summed E-state index contributed by atoms with van der Waals surface area (Å²) < 4.78 is 0. The predicted octanol–water partition coefficient (Wildman–Crippen LogP) is 2.66. The van der Waals surface area contributed by atoms with Crippen LogP contribution in [0.5, 0.6) is 0 Å². The Kier molecular flexibility index (Phi) is 5.55. The van der Waals surface area contributed by atoms with Gasteiger partial charge in [0.05, 0.1) is 0 Å². The molecule has 0 saturated heterocycles. The van der Waals surface area contributed by atoms with Crippen molar-refractivity contribution in [3.05, 3.63) is 65.2 Å². The predicted molar refractivity (Wildman–Crippen MR) is 88.0 cm³/mol. The van der Waals surface area contributed by atoms with Gasteiger partial charge in [-0.2, -0.15) is 0 Å². The number of hydrogen-bond acceptors (Lipinski definition) is 2. The summed E-state index contributed by atoms with van der Waals surface area (Å²) in [5.74, 6) is -1.20. The maximum atomic E-state index is 12.0. The molecule has 0 unspecified atom stereocenters. The number of carbonyl (C=O) groups excluding carboxylic acids is 2. The van der Waals surface area contributed by atoms with Gasteiger partial charge in [0, 0.05) is 24.3 Å². The number of likely N-dealkylation sites (N-methyl/N-ethyl adjacent to an activating group) is 1. The minimum absolute atomic E-state index is 0.382. The van der Waals surface area contributed by atoms with E-state index in [2.05, 4.69) is 5.32 Å². The van der Waals surface area contributed by atoms with Crippen LogP contribution in [0.2, 0.25) is 5.02 Å². The second kappa shape index (κ2) is 7.61. The molecule has 0 aliphatic heterocycles. The minimum Gasteiger partial charge on any atom is -0.347 e. The SMILES string of the molecule is CN(C(=O)C(=O)NCCc1cccc(Cl)c1)c1ccccc1. The Hall–Kier alpha value is -2.33. The third-order valence-corrected chi connectivity index (χ3v) is 3.47. The van der Waals surface area contributed by atoms with E-state index in [9.17, 15) is 9.59 Å². The highest BCUT2D eigenvalue weighted by Gasteiger charge is 2.19. The molecule has 0 aromatic heterocycles. The number of rotatable bonds is 4. The van der Waals surface area contributed by atoms with Gasteiger partial charge < -0.3 is 10.2 Å². The molecule has 0 radical (unpaired) electrons. The summed E-state index contributed by atoms with van der Waals surface area (Å²) in [6.45, 7) is 0.382. The first-order chi connectivity index (χ1) is 10.6. The zero-order chi connectivity index (χ0) is 15.9. The molecule has 2 amide bonds. The number of anilines is 1. The monoisotopic (exact) mass is 316 g/mol. The second-order valence-electron chi connectivity index (χ2n) is 4.84. The van der Waals surface area contributed by atoms with E-state index >= 15 is 0 Å². The van der Waals surface area contributed by atoms with Gasteiger partial charge >= 0.3 is 11.8 Å². The van der Waals surface area contributed by atoms with Gasteiger partial charge in [-0.15, -0.1) is 0 Å². The fraction of sp³-hybridized carbons (Fsp3) is 0.176. The molecule has 2 aromatic rings. The molecule has 0 fully saturated rings. The van der Waals surface area contributed by atoms with Gasteiger partial charge in [0.2, 0.25) is 0 Å². The Labute approximate surface area is 134 Å². The summed E-state index contributed by atoms with van der Waals surface area (Å²) in [5, 5.41) is 3.28. The number of para-hydroxylation sites is 1. The molecular formula is C17H17ClN2O2. The van der Waals surface area contributed by atoms with Gasteiger partial charge in [-0.05, 0) is 36.2 Å². The first-order valence-corrected chi connectivity index (χ1v) is 7.31. The van der Waals surface area contributed by atoms with Crippen LogP contribution < -0.4 is 10.2 Å².